The number of hydrogen-bond donors (Lipinski definition) is 1. The molecule has 3 rings (SSSR count). The van der Waals surface area contributed by atoms with Gasteiger partial charge in [0, 0.05) is 0 Å². The average molecular weight is 364 g/mol. The van der Waals surface area contributed by atoms with Crippen LogP contribution in [-0.2, 0) is 11.3 Å². The van der Waals surface area contributed by atoms with Crippen molar-refractivity contribution in [2.24, 2.45) is 0 Å². The van der Waals surface area contributed by atoms with Gasteiger partial charge in [-0.3, -0.25) is 9.69 Å². The molecule has 140 valence electrons. The summed E-state index contributed by atoms with van der Waals surface area (Å²) in [6.45, 7) is 2.50. The summed E-state index contributed by atoms with van der Waals surface area (Å²) in [5, 5.41) is 3.03. The van der Waals surface area contributed by atoms with Crippen molar-refractivity contribution in [3.8, 4) is 5.75 Å². The van der Waals surface area contributed by atoms with E-state index in [-0.39, 0.29) is 5.91 Å². The number of nitrogens with one attached hydrogen (secondary N) is 1. The maximum Gasteiger partial charge on any atom is 0.246 e. The summed E-state index contributed by atoms with van der Waals surface area (Å²) in [7, 11) is 3.51. The van der Waals surface area contributed by atoms with E-state index in [0.29, 0.717) is 18.0 Å². The molecule has 1 atom stereocenters. The van der Waals surface area contributed by atoms with Crippen LogP contribution in [0.3, 0.4) is 0 Å². The van der Waals surface area contributed by atoms with Gasteiger partial charge in [0.15, 0.2) is 0 Å². The molecule has 1 amide bonds. The van der Waals surface area contributed by atoms with Gasteiger partial charge in [0.2, 0.25) is 5.91 Å². The zero-order valence-corrected chi connectivity index (χ0v) is 15.8. The number of hydrogen-bond acceptors (Lipinski definition) is 4. The van der Waals surface area contributed by atoms with Gasteiger partial charge in [0.05, 0.1) is 25.6 Å². The molecule has 27 heavy (non-hydrogen) atoms. The van der Waals surface area contributed by atoms with E-state index >= 15 is 0 Å². The predicted octanol–water partition coefficient (Wildman–Crippen LogP) is 4.41. The number of methoxy groups -OCH3 is 1. The van der Waals surface area contributed by atoms with Gasteiger partial charge in [-0.15, -0.1) is 0 Å². The molecule has 0 aliphatic heterocycles. The van der Waals surface area contributed by atoms with Gasteiger partial charge in [-0.2, -0.15) is 0 Å². The molecular formula is C22H24N2O3. The van der Waals surface area contributed by atoms with Crippen molar-refractivity contribution in [3.05, 3.63) is 83.8 Å². The molecule has 3 aromatic rings. The van der Waals surface area contributed by atoms with E-state index in [1.807, 2.05) is 79.5 Å². The van der Waals surface area contributed by atoms with Crippen molar-refractivity contribution >= 4 is 11.6 Å². The first-order valence-electron chi connectivity index (χ1n) is 8.81. The molecule has 0 saturated heterocycles. The molecule has 2 aromatic carbocycles. The SMILES string of the molecule is COc1ccc(C)cc1NC(=O)[C@H](c1ccccc1)N(C)Cc1ccco1. The van der Waals surface area contributed by atoms with E-state index in [4.69, 9.17) is 9.15 Å². The largest absolute Gasteiger partial charge is 0.495 e. The molecule has 0 aliphatic carbocycles. The number of rotatable bonds is 7. The number of likely N-dealkylation sites (N-methyl/N-ethyl adjacent to an activating group) is 1. The maximum absolute atomic E-state index is 13.2. The molecule has 5 heteroatoms. The van der Waals surface area contributed by atoms with E-state index in [9.17, 15) is 4.79 Å². The van der Waals surface area contributed by atoms with Crippen LogP contribution in [0.2, 0.25) is 0 Å². The van der Waals surface area contributed by atoms with Gasteiger partial charge >= 0.3 is 0 Å². The molecule has 0 aliphatic rings. The quantitative estimate of drug-likeness (QED) is 0.675. The Kier molecular flexibility index (Phi) is 5.94. The van der Waals surface area contributed by atoms with Crippen LogP contribution in [0.4, 0.5) is 5.69 Å². The minimum atomic E-state index is -0.471. The van der Waals surface area contributed by atoms with Crippen LogP contribution in [0.15, 0.2) is 71.3 Å². The summed E-state index contributed by atoms with van der Waals surface area (Å²) in [6, 6.07) is 18.7. The summed E-state index contributed by atoms with van der Waals surface area (Å²) >= 11 is 0. The number of nitrogens with zero attached hydrogens (tertiary/aromatic N) is 1. The van der Waals surface area contributed by atoms with Crippen LogP contribution < -0.4 is 10.1 Å². The number of aryl methyl sites for hydroxylation is 1. The third kappa shape index (κ3) is 4.57. The zero-order valence-electron chi connectivity index (χ0n) is 15.8. The number of furan rings is 1. The van der Waals surface area contributed by atoms with E-state index < -0.39 is 6.04 Å². The Balaban J connectivity index is 1.88. The average Bonchev–Trinajstić information content (AvgIpc) is 3.16. The highest BCUT2D eigenvalue weighted by Crippen LogP contribution is 2.28. The molecule has 1 N–H and O–H groups in total. The standard InChI is InChI=1S/C22H24N2O3/c1-16-11-12-20(26-3)19(14-16)23-22(25)21(17-8-5-4-6-9-17)24(2)15-18-10-7-13-27-18/h4-14,21H,15H2,1-3H3,(H,23,25)/t21-/m0/s1. The highest BCUT2D eigenvalue weighted by atomic mass is 16.5. The van der Waals surface area contributed by atoms with Crippen LogP contribution in [0.25, 0.3) is 0 Å². The lowest BCUT2D eigenvalue weighted by atomic mass is 10.0. The first-order chi connectivity index (χ1) is 13.1. The molecule has 1 aromatic heterocycles. The third-order valence-corrected chi connectivity index (χ3v) is 4.40. The molecular weight excluding hydrogens is 340 g/mol. The van der Waals surface area contributed by atoms with Crippen LogP contribution in [0, 0.1) is 6.92 Å². The van der Waals surface area contributed by atoms with Gasteiger partial charge in [0.25, 0.3) is 0 Å². The highest BCUT2D eigenvalue weighted by Gasteiger charge is 2.26. The number of ether oxygens (including phenoxy) is 1. The van der Waals surface area contributed by atoms with Crippen molar-refractivity contribution in [3.63, 3.8) is 0 Å². The lowest BCUT2D eigenvalue weighted by Gasteiger charge is -2.27. The summed E-state index contributed by atoms with van der Waals surface area (Å²) < 4.78 is 10.8. The second-order valence-electron chi connectivity index (χ2n) is 6.50. The first kappa shape index (κ1) is 18.7. The van der Waals surface area contributed by atoms with Gasteiger partial charge in [-0.25, -0.2) is 0 Å². The predicted molar refractivity (Wildman–Crippen MR) is 106 cm³/mol. The molecule has 0 saturated carbocycles. The fraction of sp³-hybridized carbons (Fsp3) is 0.227. The number of anilines is 1. The van der Waals surface area contributed by atoms with Gasteiger partial charge < -0.3 is 14.5 Å². The van der Waals surface area contributed by atoms with Gasteiger partial charge in [-0.05, 0) is 49.4 Å². The first-order valence-corrected chi connectivity index (χ1v) is 8.81. The van der Waals surface area contributed by atoms with Crippen LogP contribution in [0.1, 0.15) is 22.9 Å². The maximum atomic E-state index is 13.2. The van der Waals surface area contributed by atoms with Crippen molar-refractivity contribution in [1.82, 2.24) is 4.90 Å². The number of benzene rings is 2. The Hall–Kier alpha value is -3.05. The minimum absolute atomic E-state index is 0.126. The normalized spacial score (nSPS) is 12.0. The third-order valence-electron chi connectivity index (χ3n) is 4.40. The number of carbonyl (C=O) groups is 1. The Bertz CT molecular complexity index is 876. The van der Waals surface area contributed by atoms with Crippen LogP contribution >= 0.6 is 0 Å². The monoisotopic (exact) mass is 364 g/mol. The highest BCUT2D eigenvalue weighted by molar-refractivity contribution is 5.96. The lowest BCUT2D eigenvalue weighted by molar-refractivity contribution is -0.121. The number of amides is 1. The van der Waals surface area contributed by atoms with Gasteiger partial charge in [-0.1, -0.05) is 36.4 Å². The smallest absolute Gasteiger partial charge is 0.246 e. The fourth-order valence-electron chi connectivity index (χ4n) is 3.10. The summed E-state index contributed by atoms with van der Waals surface area (Å²) in [5.41, 5.74) is 2.62. The topological polar surface area (TPSA) is 54.7 Å². The van der Waals surface area contributed by atoms with Crippen molar-refractivity contribution in [2.45, 2.75) is 19.5 Å². The molecule has 0 spiro atoms. The second kappa shape index (κ2) is 8.56. The van der Waals surface area contributed by atoms with E-state index in [1.54, 1.807) is 13.4 Å². The Morgan fingerprint density at radius 2 is 1.93 bits per heavy atom. The fourth-order valence-corrected chi connectivity index (χ4v) is 3.10. The van der Waals surface area contributed by atoms with Crippen LogP contribution in [0.5, 0.6) is 5.75 Å². The summed E-state index contributed by atoms with van der Waals surface area (Å²) in [6.07, 6.45) is 1.64. The Labute approximate surface area is 159 Å². The molecule has 5 nitrogen and oxygen atoms in total. The minimum Gasteiger partial charge on any atom is -0.495 e. The summed E-state index contributed by atoms with van der Waals surface area (Å²) in [5.74, 6) is 1.31. The van der Waals surface area contributed by atoms with Crippen LogP contribution in [-0.4, -0.2) is 25.0 Å². The molecule has 1 heterocycles. The van der Waals surface area contributed by atoms with Crippen molar-refractivity contribution < 1.29 is 13.9 Å². The van der Waals surface area contributed by atoms with E-state index in [1.165, 1.54) is 0 Å². The molecule has 0 fully saturated rings. The zero-order chi connectivity index (χ0) is 19.2. The Morgan fingerprint density at radius 3 is 2.59 bits per heavy atom. The van der Waals surface area contributed by atoms with Crippen molar-refractivity contribution in [1.29, 1.82) is 0 Å². The molecule has 0 bridgehead atoms. The Morgan fingerprint density at radius 1 is 1.15 bits per heavy atom. The molecule has 0 radical (unpaired) electrons. The number of carbonyl (C=O) groups excluding carboxylic acids is 1. The van der Waals surface area contributed by atoms with Crippen molar-refractivity contribution in [2.75, 3.05) is 19.5 Å². The van der Waals surface area contributed by atoms with E-state index in [0.717, 1.165) is 16.9 Å². The second-order valence-corrected chi connectivity index (χ2v) is 6.50. The summed E-state index contributed by atoms with van der Waals surface area (Å²) in [4.78, 5) is 15.2. The molecule has 0 unspecified atom stereocenters. The lowest BCUT2D eigenvalue weighted by Crippen LogP contribution is -2.34. The van der Waals surface area contributed by atoms with E-state index in [2.05, 4.69) is 5.32 Å². The van der Waals surface area contributed by atoms with Gasteiger partial charge in [0.1, 0.15) is 17.6 Å².